The number of aromatic nitrogens is 2. The Hall–Kier alpha value is -2.62. The van der Waals surface area contributed by atoms with Crippen LogP contribution in [0.3, 0.4) is 0 Å². The van der Waals surface area contributed by atoms with Crippen molar-refractivity contribution in [3.8, 4) is 5.69 Å². The van der Waals surface area contributed by atoms with E-state index in [2.05, 4.69) is 0 Å². The molecular weight excluding hydrogens is 420 g/mol. The highest BCUT2D eigenvalue weighted by Crippen LogP contribution is 2.28. The number of carbonyl (C=O) groups is 1. The minimum atomic E-state index is -4.96. The molecule has 1 fully saturated rings. The standard InChI is InChI=1S/C18H15ClF4N2O4/c1-24-14(18(21,22)23)8-15(26)25(17(24)28)13-6-10(11(19)7-12(13)20)16(27)29-9-4-2-3-5-9/h6-9H,2-5H2,1H3. The molecule has 0 amide bonds. The number of nitrogens with zero attached hydrogens (tertiary/aromatic N) is 2. The Bertz CT molecular complexity index is 1080. The summed E-state index contributed by atoms with van der Waals surface area (Å²) in [5.41, 5.74) is -5.33. The zero-order valence-electron chi connectivity index (χ0n) is 15.1. The highest BCUT2D eigenvalue weighted by molar-refractivity contribution is 6.33. The summed E-state index contributed by atoms with van der Waals surface area (Å²) in [5.74, 6) is -2.04. The molecule has 1 heterocycles. The Balaban J connectivity index is 2.12. The number of benzene rings is 1. The first-order valence-electron chi connectivity index (χ1n) is 8.61. The molecule has 29 heavy (non-hydrogen) atoms. The maximum atomic E-state index is 14.4. The first-order valence-corrected chi connectivity index (χ1v) is 8.99. The fourth-order valence-corrected chi connectivity index (χ4v) is 3.43. The summed E-state index contributed by atoms with van der Waals surface area (Å²) in [6, 6.07) is 1.70. The van der Waals surface area contributed by atoms with Crippen LogP contribution in [0.4, 0.5) is 17.6 Å². The Morgan fingerprint density at radius 1 is 1.17 bits per heavy atom. The number of halogens is 5. The van der Waals surface area contributed by atoms with Crippen LogP contribution in [0.1, 0.15) is 41.7 Å². The Kier molecular flexibility index (Phi) is 5.57. The van der Waals surface area contributed by atoms with E-state index in [1.54, 1.807) is 0 Å². The van der Waals surface area contributed by atoms with Crippen molar-refractivity contribution in [3.05, 3.63) is 61.1 Å². The summed E-state index contributed by atoms with van der Waals surface area (Å²) in [4.78, 5) is 36.9. The van der Waals surface area contributed by atoms with Gasteiger partial charge in [-0.1, -0.05) is 11.6 Å². The highest BCUT2D eigenvalue weighted by atomic mass is 35.5. The average Bonchev–Trinajstić information content (AvgIpc) is 3.11. The fourth-order valence-electron chi connectivity index (χ4n) is 3.21. The molecule has 0 N–H and O–H groups in total. The van der Waals surface area contributed by atoms with Gasteiger partial charge in [0.2, 0.25) is 0 Å². The van der Waals surface area contributed by atoms with Gasteiger partial charge in [0.15, 0.2) is 0 Å². The summed E-state index contributed by atoms with van der Waals surface area (Å²) in [5, 5.41) is -0.314. The van der Waals surface area contributed by atoms with Crippen molar-refractivity contribution < 1.29 is 27.1 Å². The molecule has 2 aromatic rings. The first kappa shape index (κ1) is 21.1. The molecule has 1 aromatic heterocycles. The summed E-state index contributed by atoms with van der Waals surface area (Å²) in [6.07, 6.45) is -2.18. The molecule has 0 saturated heterocycles. The lowest BCUT2D eigenvalue weighted by molar-refractivity contribution is -0.144. The first-order chi connectivity index (χ1) is 13.5. The van der Waals surface area contributed by atoms with Gasteiger partial charge in [0, 0.05) is 13.1 Å². The third-order valence-electron chi connectivity index (χ3n) is 4.68. The molecule has 1 saturated carbocycles. The second-order valence-corrected chi connectivity index (χ2v) is 7.05. The van der Waals surface area contributed by atoms with Crippen LogP contribution in [0.2, 0.25) is 5.02 Å². The summed E-state index contributed by atoms with van der Waals surface area (Å²) in [6.45, 7) is 0. The lowest BCUT2D eigenvalue weighted by Gasteiger charge is -2.16. The van der Waals surface area contributed by atoms with Crippen LogP contribution < -0.4 is 11.2 Å². The topological polar surface area (TPSA) is 70.3 Å². The zero-order chi connectivity index (χ0) is 21.5. The van der Waals surface area contributed by atoms with Gasteiger partial charge < -0.3 is 4.74 Å². The average molecular weight is 435 g/mol. The molecule has 0 unspecified atom stereocenters. The molecule has 11 heteroatoms. The fraction of sp³-hybridized carbons (Fsp3) is 0.389. The highest BCUT2D eigenvalue weighted by Gasteiger charge is 2.35. The third-order valence-corrected chi connectivity index (χ3v) is 5.00. The van der Waals surface area contributed by atoms with Crippen LogP contribution in [-0.4, -0.2) is 21.2 Å². The Morgan fingerprint density at radius 2 is 1.79 bits per heavy atom. The van der Waals surface area contributed by atoms with Crippen molar-refractivity contribution in [3.63, 3.8) is 0 Å². The van der Waals surface area contributed by atoms with Gasteiger partial charge in [-0.3, -0.25) is 9.36 Å². The Labute approximate surface area is 166 Å². The lowest BCUT2D eigenvalue weighted by atomic mass is 10.1. The number of hydrogen-bond acceptors (Lipinski definition) is 4. The van der Waals surface area contributed by atoms with Gasteiger partial charge in [0.1, 0.15) is 17.6 Å². The largest absolute Gasteiger partial charge is 0.459 e. The maximum Gasteiger partial charge on any atom is 0.431 e. The van der Waals surface area contributed by atoms with Crippen molar-refractivity contribution >= 4 is 17.6 Å². The summed E-state index contributed by atoms with van der Waals surface area (Å²) in [7, 11) is 0.796. The van der Waals surface area contributed by atoms with E-state index in [-0.39, 0.29) is 31.9 Å². The SMILES string of the molecule is Cn1c(C(F)(F)F)cc(=O)n(-c2cc(C(=O)OC3CCCC3)c(Cl)cc2F)c1=O. The van der Waals surface area contributed by atoms with Crippen molar-refractivity contribution in [1.82, 2.24) is 9.13 Å². The molecule has 1 aliphatic rings. The van der Waals surface area contributed by atoms with Crippen molar-refractivity contribution in [2.24, 2.45) is 7.05 Å². The van der Waals surface area contributed by atoms with Crippen molar-refractivity contribution in [2.75, 3.05) is 0 Å². The second kappa shape index (κ2) is 7.66. The summed E-state index contributed by atoms with van der Waals surface area (Å²) >= 11 is 5.90. The van der Waals surface area contributed by atoms with Gasteiger partial charge in [-0.15, -0.1) is 0 Å². The van der Waals surface area contributed by atoms with Gasteiger partial charge in [0.25, 0.3) is 5.56 Å². The van der Waals surface area contributed by atoms with Gasteiger partial charge in [-0.05, 0) is 37.8 Å². The van der Waals surface area contributed by atoms with Crippen LogP contribution in [0.15, 0.2) is 27.8 Å². The van der Waals surface area contributed by atoms with E-state index in [1.807, 2.05) is 0 Å². The van der Waals surface area contributed by atoms with Crippen LogP contribution in [0.5, 0.6) is 0 Å². The van der Waals surface area contributed by atoms with E-state index in [0.717, 1.165) is 26.0 Å². The number of esters is 1. The number of carbonyl (C=O) groups excluding carboxylic acids is 1. The van der Waals surface area contributed by atoms with E-state index < -0.39 is 40.6 Å². The van der Waals surface area contributed by atoms with E-state index in [4.69, 9.17) is 16.3 Å². The van der Waals surface area contributed by atoms with E-state index in [9.17, 15) is 31.9 Å². The predicted octanol–water partition coefficient (Wildman–Crippen LogP) is 3.45. The number of alkyl halides is 3. The summed E-state index contributed by atoms with van der Waals surface area (Å²) < 4.78 is 59.0. The zero-order valence-corrected chi connectivity index (χ0v) is 15.8. The van der Waals surface area contributed by atoms with Gasteiger partial charge in [0.05, 0.1) is 16.3 Å². The monoisotopic (exact) mass is 434 g/mol. The number of ether oxygens (including phenoxy) is 1. The van der Waals surface area contributed by atoms with Crippen LogP contribution in [0.25, 0.3) is 5.69 Å². The van der Waals surface area contributed by atoms with E-state index in [0.29, 0.717) is 18.9 Å². The smallest absolute Gasteiger partial charge is 0.431 e. The molecule has 0 bridgehead atoms. The second-order valence-electron chi connectivity index (χ2n) is 6.64. The molecule has 3 rings (SSSR count). The third kappa shape index (κ3) is 4.07. The lowest BCUT2D eigenvalue weighted by Crippen LogP contribution is -2.41. The van der Waals surface area contributed by atoms with Crippen LogP contribution >= 0.6 is 11.6 Å². The van der Waals surface area contributed by atoms with Crippen molar-refractivity contribution in [2.45, 2.75) is 38.0 Å². The van der Waals surface area contributed by atoms with Crippen LogP contribution in [-0.2, 0) is 18.0 Å². The number of rotatable bonds is 3. The van der Waals surface area contributed by atoms with E-state index in [1.165, 1.54) is 0 Å². The van der Waals surface area contributed by atoms with Gasteiger partial charge in [-0.2, -0.15) is 13.2 Å². The molecule has 1 aromatic carbocycles. The molecule has 0 radical (unpaired) electrons. The van der Waals surface area contributed by atoms with Crippen LogP contribution in [0, 0.1) is 5.82 Å². The minimum Gasteiger partial charge on any atom is -0.459 e. The molecule has 6 nitrogen and oxygen atoms in total. The molecular formula is C18H15ClF4N2O4. The Morgan fingerprint density at radius 3 is 2.38 bits per heavy atom. The van der Waals surface area contributed by atoms with Gasteiger partial charge >= 0.3 is 17.8 Å². The molecule has 1 aliphatic carbocycles. The van der Waals surface area contributed by atoms with Crippen molar-refractivity contribution in [1.29, 1.82) is 0 Å². The quantitative estimate of drug-likeness (QED) is 0.548. The normalized spacial score (nSPS) is 15.0. The molecule has 0 atom stereocenters. The van der Waals surface area contributed by atoms with E-state index >= 15 is 0 Å². The number of hydrogen-bond donors (Lipinski definition) is 0. The maximum absolute atomic E-state index is 14.4. The predicted molar refractivity (Wildman–Crippen MR) is 94.9 cm³/mol. The van der Waals surface area contributed by atoms with Gasteiger partial charge in [-0.25, -0.2) is 18.5 Å². The minimum absolute atomic E-state index is 0.173. The molecule has 0 spiro atoms. The molecule has 0 aliphatic heterocycles. The molecule has 156 valence electrons.